The first-order valence-corrected chi connectivity index (χ1v) is 9.83. The van der Waals surface area contributed by atoms with Crippen LogP contribution in [0, 0.1) is 11.7 Å². The minimum absolute atomic E-state index is 0.0141. The second-order valence-corrected chi connectivity index (χ2v) is 7.57. The largest absolute Gasteiger partial charge is 0.466 e. The summed E-state index contributed by atoms with van der Waals surface area (Å²) in [5.74, 6) is 0.544. The lowest BCUT2D eigenvalue weighted by atomic mass is 9.85. The molecule has 0 saturated carbocycles. The maximum absolute atomic E-state index is 13.2. The molecule has 6 heteroatoms. The highest BCUT2D eigenvalue weighted by atomic mass is 19.1. The summed E-state index contributed by atoms with van der Waals surface area (Å²) in [5.41, 5.74) is 0.863. The zero-order valence-electron chi connectivity index (χ0n) is 16.9. The Hall–Kier alpha value is -2.11. The van der Waals surface area contributed by atoms with Crippen molar-refractivity contribution in [1.82, 2.24) is 10.2 Å². The van der Waals surface area contributed by atoms with Gasteiger partial charge in [-0.1, -0.05) is 26.0 Å². The molecule has 1 fully saturated rings. The Balaban J connectivity index is 2.02. The zero-order chi connectivity index (χ0) is 19.9. The quantitative estimate of drug-likeness (QED) is 0.469. The maximum Gasteiger partial charge on any atom is 0.309 e. The van der Waals surface area contributed by atoms with E-state index in [1.54, 1.807) is 0 Å². The van der Waals surface area contributed by atoms with Crippen LogP contribution in [0.1, 0.15) is 46.1 Å². The number of piperidine rings is 1. The molecule has 1 N–H and O–H groups in total. The van der Waals surface area contributed by atoms with Gasteiger partial charge in [-0.3, -0.25) is 9.79 Å². The topological polar surface area (TPSA) is 53.9 Å². The summed E-state index contributed by atoms with van der Waals surface area (Å²) in [6.07, 6.45) is 1.56. The number of carbonyl (C=O) groups is 1. The van der Waals surface area contributed by atoms with Crippen molar-refractivity contribution >= 4 is 11.9 Å². The average Bonchev–Trinajstić information content (AvgIpc) is 2.66. The predicted octanol–water partition coefficient (Wildman–Crippen LogP) is 3.34. The first-order chi connectivity index (χ1) is 12.9. The number of benzene rings is 1. The van der Waals surface area contributed by atoms with E-state index < -0.39 is 0 Å². The molecule has 0 aromatic heterocycles. The van der Waals surface area contributed by atoms with Gasteiger partial charge in [-0.2, -0.15) is 0 Å². The second-order valence-electron chi connectivity index (χ2n) is 7.57. The van der Waals surface area contributed by atoms with Gasteiger partial charge in [0.1, 0.15) is 5.82 Å². The Morgan fingerprint density at radius 3 is 2.44 bits per heavy atom. The monoisotopic (exact) mass is 377 g/mol. The SMILES string of the molecule is CCNC(=NCC(C)(C)c1ccc(F)cc1)N1CCC(C(=O)OCC)CC1. The molecular formula is C21H32FN3O2. The van der Waals surface area contributed by atoms with Gasteiger partial charge in [0.2, 0.25) is 0 Å². The molecule has 5 nitrogen and oxygen atoms in total. The van der Waals surface area contributed by atoms with E-state index in [4.69, 9.17) is 9.73 Å². The molecule has 0 amide bonds. The van der Waals surface area contributed by atoms with Crippen molar-refractivity contribution in [3.8, 4) is 0 Å². The van der Waals surface area contributed by atoms with Crippen LogP contribution in [-0.4, -0.2) is 49.6 Å². The first-order valence-electron chi connectivity index (χ1n) is 9.83. The number of nitrogens with one attached hydrogen (secondary N) is 1. The molecular weight excluding hydrogens is 345 g/mol. The summed E-state index contributed by atoms with van der Waals surface area (Å²) in [4.78, 5) is 19.0. The zero-order valence-corrected chi connectivity index (χ0v) is 16.9. The maximum atomic E-state index is 13.2. The molecule has 27 heavy (non-hydrogen) atoms. The molecule has 1 heterocycles. The number of aliphatic imine (C=N–C) groups is 1. The third-order valence-electron chi connectivity index (χ3n) is 5.00. The molecule has 0 radical (unpaired) electrons. The molecule has 0 unspecified atom stereocenters. The molecule has 2 rings (SSSR count). The normalized spacial score (nSPS) is 16.3. The van der Waals surface area contributed by atoms with Gasteiger partial charge in [0, 0.05) is 25.0 Å². The summed E-state index contributed by atoms with van der Waals surface area (Å²) in [6.45, 7) is 11.5. The molecule has 1 aromatic carbocycles. The van der Waals surface area contributed by atoms with Crippen LogP contribution in [-0.2, 0) is 14.9 Å². The Bertz CT molecular complexity index is 635. The van der Waals surface area contributed by atoms with Crippen LogP contribution in [0.3, 0.4) is 0 Å². The number of esters is 1. The number of ether oxygens (including phenoxy) is 1. The number of guanidine groups is 1. The van der Waals surface area contributed by atoms with Crippen LogP contribution < -0.4 is 5.32 Å². The average molecular weight is 378 g/mol. The molecule has 0 aliphatic carbocycles. The smallest absolute Gasteiger partial charge is 0.309 e. The van der Waals surface area contributed by atoms with Crippen molar-refractivity contribution in [2.45, 2.75) is 46.0 Å². The van der Waals surface area contributed by atoms with E-state index in [1.165, 1.54) is 12.1 Å². The van der Waals surface area contributed by atoms with Crippen LogP contribution >= 0.6 is 0 Å². The Labute approximate surface area is 162 Å². The Kier molecular flexibility index (Phi) is 7.63. The minimum Gasteiger partial charge on any atom is -0.466 e. The fourth-order valence-electron chi connectivity index (χ4n) is 3.28. The highest BCUT2D eigenvalue weighted by Crippen LogP contribution is 2.24. The Morgan fingerprint density at radius 1 is 1.26 bits per heavy atom. The van der Waals surface area contributed by atoms with Crippen LogP contribution in [0.4, 0.5) is 4.39 Å². The van der Waals surface area contributed by atoms with E-state index in [-0.39, 0.29) is 23.1 Å². The fourth-order valence-corrected chi connectivity index (χ4v) is 3.28. The number of rotatable bonds is 6. The molecule has 1 saturated heterocycles. The van der Waals surface area contributed by atoms with E-state index in [9.17, 15) is 9.18 Å². The van der Waals surface area contributed by atoms with E-state index in [2.05, 4.69) is 24.1 Å². The van der Waals surface area contributed by atoms with Gasteiger partial charge in [0.15, 0.2) is 5.96 Å². The lowest BCUT2D eigenvalue weighted by Crippen LogP contribution is -2.47. The van der Waals surface area contributed by atoms with Crippen LogP contribution in [0.15, 0.2) is 29.3 Å². The van der Waals surface area contributed by atoms with Gasteiger partial charge in [0.05, 0.1) is 19.1 Å². The van der Waals surface area contributed by atoms with Crippen molar-refractivity contribution in [2.75, 3.05) is 32.8 Å². The predicted molar refractivity (Wildman–Crippen MR) is 106 cm³/mol. The van der Waals surface area contributed by atoms with Crippen molar-refractivity contribution in [3.63, 3.8) is 0 Å². The highest BCUT2D eigenvalue weighted by Gasteiger charge is 2.28. The molecule has 0 atom stereocenters. The van der Waals surface area contributed by atoms with Crippen molar-refractivity contribution in [3.05, 3.63) is 35.6 Å². The van der Waals surface area contributed by atoms with Gasteiger partial charge in [-0.25, -0.2) is 4.39 Å². The third kappa shape index (κ3) is 5.94. The Morgan fingerprint density at radius 2 is 1.89 bits per heavy atom. The van der Waals surface area contributed by atoms with Crippen LogP contribution in [0.5, 0.6) is 0 Å². The van der Waals surface area contributed by atoms with E-state index in [0.29, 0.717) is 13.2 Å². The van der Waals surface area contributed by atoms with Gasteiger partial charge in [0.25, 0.3) is 0 Å². The lowest BCUT2D eigenvalue weighted by molar-refractivity contribution is -0.149. The minimum atomic E-state index is -0.226. The molecule has 1 aliphatic heterocycles. The van der Waals surface area contributed by atoms with E-state index in [1.807, 2.05) is 26.0 Å². The van der Waals surface area contributed by atoms with E-state index >= 15 is 0 Å². The number of hydrogen-bond acceptors (Lipinski definition) is 3. The molecule has 1 aromatic rings. The van der Waals surface area contributed by atoms with Crippen LogP contribution in [0.2, 0.25) is 0 Å². The number of likely N-dealkylation sites (tertiary alicyclic amines) is 1. The number of carbonyl (C=O) groups excluding carboxylic acids is 1. The number of nitrogens with zero attached hydrogens (tertiary/aromatic N) is 2. The van der Waals surface area contributed by atoms with Gasteiger partial charge in [-0.15, -0.1) is 0 Å². The molecule has 1 aliphatic rings. The lowest BCUT2D eigenvalue weighted by Gasteiger charge is -2.34. The van der Waals surface area contributed by atoms with Crippen molar-refractivity contribution in [2.24, 2.45) is 10.9 Å². The standard InChI is InChI=1S/C21H32FN3O2/c1-5-23-20(25-13-11-16(12-14-25)19(26)27-6-2)24-15-21(3,4)17-7-9-18(22)10-8-17/h7-10,16H,5-6,11-15H2,1-4H3,(H,23,24). The second kappa shape index (κ2) is 9.72. The van der Waals surface area contributed by atoms with Gasteiger partial charge < -0.3 is 15.0 Å². The fraction of sp³-hybridized carbons (Fsp3) is 0.619. The van der Waals surface area contributed by atoms with Crippen molar-refractivity contribution in [1.29, 1.82) is 0 Å². The van der Waals surface area contributed by atoms with Crippen LogP contribution in [0.25, 0.3) is 0 Å². The van der Waals surface area contributed by atoms with E-state index in [0.717, 1.165) is 44.0 Å². The number of halogens is 1. The highest BCUT2D eigenvalue weighted by molar-refractivity contribution is 5.80. The first kappa shape index (κ1) is 21.2. The summed E-state index contributed by atoms with van der Waals surface area (Å²) >= 11 is 0. The third-order valence-corrected chi connectivity index (χ3v) is 5.00. The van der Waals surface area contributed by atoms with Crippen molar-refractivity contribution < 1.29 is 13.9 Å². The van der Waals surface area contributed by atoms with Gasteiger partial charge in [-0.05, 0) is 44.4 Å². The number of hydrogen-bond donors (Lipinski definition) is 1. The molecule has 0 spiro atoms. The van der Waals surface area contributed by atoms with Gasteiger partial charge >= 0.3 is 5.97 Å². The summed E-state index contributed by atoms with van der Waals surface area (Å²) in [7, 11) is 0. The summed E-state index contributed by atoms with van der Waals surface area (Å²) in [5, 5.41) is 3.35. The summed E-state index contributed by atoms with van der Waals surface area (Å²) in [6, 6.07) is 6.63. The molecule has 150 valence electrons. The summed E-state index contributed by atoms with van der Waals surface area (Å²) < 4.78 is 18.3. The molecule has 0 bridgehead atoms.